The quantitative estimate of drug-likeness (QED) is 0.662. The number of guanidine groups is 1. The second-order valence-electron chi connectivity index (χ2n) is 5.94. The Kier molecular flexibility index (Phi) is 6.03. The summed E-state index contributed by atoms with van der Waals surface area (Å²) in [6, 6.07) is 0.572. The normalized spacial score (nSPS) is 23.1. The highest BCUT2D eigenvalue weighted by atomic mass is 32.1. The lowest BCUT2D eigenvalue weighted by Gasteiger charge is -2.29. The van der Waals surface area contributed by atoms with E-state index in [0.717, 1.165) is 29.1 Å². The van der Waals surface area contributed by atoms with Crippen LogP contribution in [0.2, 0.25) is 0 Å². The molecule has 0 radical (unpaired) electrons. The van der Waals surface area contributed by atoms with Crippen LogP contribution in [0, 0.1) is 19.8 Å². The monoisotopic (exact) mass is 308 g/mol. The molecule has 1 saturated carbocycles. The topological polar surface area (TPSA) is 49.3 Å². The molecule has 0 amide bonds. The summed E-state index contributed by atoms with van der Waals surface area (Å²) in [5.74, 6) is 1.85. The minimum Gasteiger partial charge on any atom is -0.354 e. The SMILES string of the molecule is CCC1CCC(NC(=NC)NCc2sc(C)nc2C)CC1. The molecule has 1 aliphatic carbocycles. The van der Waals surface area contributed by atoms with Crippen LogP contribution in [0.4, 0.5) is 0 Å². The molecule has 5 heteroatoms. The first kappa shape index (κ1) is 16.3. The van der Waals surface area contributed by atoms with Gasteiger partial charge in [0.1, 0.15) is 0 Å². The maximum absolute atomic E-state index is 4.47. The lowest BCUT2D eigenvalue weighted by molar-refractivity contribution is 0.304. The number of hydrogen-bond donors (Lipinski definition) is 2. The Balaban J connectivity index is 1.80. The molecule has 118 valence electrons. The van der Waals surface area contributed by atoms with Gasteiger partial charge in [-0.15, -0.1) is 11.3 Å². The molecule has 0 unspecified atom stereocenters. The molecule has 0 atom stereocenters. The molecule has 0 aliphatic heterocycles. The van der Waals surface area contributed by atoms with Gasteiger partial charge in [-0.2, -0.15) is 0 Å². The number of nitrogens with one attached hydrogen (secondary N) is 2. The van der Waals surface area contributed by atoms with Crippen molar-refractivity contribution in [2.75, 3.05) is 7.05 Å². The second kappa shape index (κ2) is 7.78. The average Bonchev–Trinajstić information content (AvgIpc) is 2.82. The lowest BCUT2D eigenvalue weighted by Crippen LogP contribution is -2.44. The molecule has 1 heterocycles. The zero-order chi connectivity index (χ0) is 15.2. The molecule has 1 aromatic heterocycles. The Morgan fingerprint density at radius 3 is 2.52 bits per heavy atom. The molecule has 1 aromatic rings. The highest BCUT2D eigenvalue weighted by Crippen LogP contribution is 2.26. The van der Waals surface area contributed by atoms with Crippen LogP contribution in [0.15, 0.2) is 4.99 Å². The fraction of sp³-hybridized carbons (Fsp3) is 0.750. The molecule has 0 saturated heterocycles. The molecule has 2 rings (SSSR count). The summed E-state index contributed by atoms with van der Waals surface area (Å²) >= 11 is 1.76. The van der Waals surface area contributed by atoms with E-state index >= 15 is 0 Å². The van der Waals surface area contributed by atoms with Crippen molar-refractivity contribution in [1.29, 1.82) is 0 Å². The van der Waals surface area contributed by atoms with E-state index in [9.17, 15) is 0 Å². The summed E-state index contributed by atoms with van der Waals surface area (Å²) in [5, 5.41) is 8.12. The van der Waals surface area contributed by atoms with Crippen molar-refractivity contribution in [2.45, 2.75) is 65.5 Å². The molecule has 0 aromatic carbocycles. The standard InChI is InChI=1S/C16H28N4S/c1-5-13-6-8-14(9-7-13)20-16(17-4)18-10-15-11(2)19-12(3)21-15/h13-14H,5-10H2,1-4H3,(H2,17,18,20). The summed E-state index contributed by atoms with van der Waals surface area (Å²) in [6.45, 7) is 7.24. The van der Waals surface area contributed by atoms with Crippen LogP contribution in [0.25, 0.3) is 0 Å². The summed E-state index contributed by atoms with van der Waals surface area (Å²) in [5.41, 5.74) is 1.13. The van der Waals surface area contributed by atoms with E-state index in [1.54, 1.807) is 11.3 Å². The first-order valence-corrected chi connectivity index (χ1v) is 8.84. The number of aliphatic imine (C=N–C) groups is 1. The van der Waals surface area contributed by atoms with Gasteiger partial charge >= 0.3 is 0 Å². The molecule has 21 heavy (non-hydrogen) atoms. The molecule has 1 fully saturated rings. The van der Waals surface area contributed by atoms with Crippen molar-refractivity contribution in [2.24, 2.45) is 10.9 Å². The zero-order valence-electron chi connectivity index (χ0n) is 13.7. The van der Waals surface area contributed by atoms with E-state index in [4.69, 9.17) is 0 Å². The fourth-order valence-corrected chi connectivity index (χ4v) is 3.88. The third-order valence-electron chi connectivity index (χ3n) is 4.40. The van der Waals surface area contributed by atoms with Crippen LogP contribution in [-0.2, 0) is 6.54 Å². The van der Waals surface area contributed by atoms with Crippen molar-refractivity contribution in [3.8, 4) is 0 Å². The number of nitrogens with zero attached hydrogens (tertiary/aromatic N) is 2. The van der Waals surface area contributed by atoms with Gasteiger partial charge < -0.3 is 10.6 Å². The summed E-state index contributed by atoms with van der Waals surface area (Å²) in [4.78, 5) is 10.1. The Morgan fingerprint density at radius 1 is 1.29 bits per heavy atom. The molecule has 4 nitrogen and oxygen atoms in total. The van der Waals surface area contributed by atoms with Gasteiger partial charge in [0.05, 0.1) is 17.2 Å². The number of aromatic nitrogens is 1. The van der Waals surface area contributed by atoms with E-state index < -0.39 is 0 Å². The number of hydrogen-bond acceptors (Lipinski definition) is 3. The Bertz CT molecular complexity index is 473. The lowest BCUT2D eigenvalue weighted by atomic mass is 9.84. The Hall–Kier alpha value is -1.10. The first-order valence-electron chi connectivity index (χ1n) is 8.02. The maximum atomic E-state index is 4.47. The highest BCUT2D eigenvalue weighted by Gasteiger charge is 2.20. The van der Waals surface area contributed by atoms with Crippen molar-refractivity contribution >= 4 is 17.3 Å². The van der Waals surface area contributed by atoms with Gasteiger partial charge in [0.2, 0.25) is 0 Å². The highest BCUT2D eigenvalue weighted by molar-refractivity contribution is 7.11. The van der Waals surface area contributed by atoms with Gasteiger partial charge in [-0.25, -0.2) is 4.98 Å². The third-order valence-corrected chi connectivity index (χ3v) is 5.48. The van der Waals surface area contributed by atoms with Crippen LogP contribution in [0.5, 0.6) is 0 Å². The fourth-order valence-electron chi connectivity index (χ4n) is 3.00. The Labute approximate surface area is 132 Å². The Morgan fingerprint density at radius 2 is 2.00 bits per heavy atom. The molecular formula is C16H28N4S. The van der Waals surface area contributed by atoms with Crippen LogP contribution in [0.3, 0.4) is 0 Å². The summed E-state index contributed by atoms with van der Waals surface area (Å²) in [6.07, 6.45) is 6.54. The average molecular weight is 308 g/mol. The third kappa shape index (κ3) is 4.70. The number of rotatable bonds is 4. The summed E-state index contributed by atoms with van der Waals surface area (Å²) < 4.78 is 0. The van der Waals surface area contributed by atoms with Crippen molar-refractivity contribution in [3.05, 3.63) is 15.6 Å². The predicted molar refractivity (Wildman–Crippen MR) is 91.0 cm³/mol. The first-order chi connectivity index (χ1) is 10.1. The number of aryl methyl sites for hydroxylation is 2. The van der Waals surface area contributed by atoms with Crippen LogP contribution >= 0.6 is 11.3 Å². The van der Waals surface area contributed by atoms with Crippen LogP contribution < -0.4 is 10.6 Å². The molecule has 2 N–H and O–H groups in total. The smallest absolute Gasteiger partial charge is 0.191 e. The maximum Gasteiger partial charge on any atom is 0.191 e. The van der Waals surface area contributed by atoms with Gasteiger partial charge in [0.25, 0.3) is 0 Å². The van der Waals surface area contributed by atoms with Gasteiger partial charge in [-0.1, -0.05) is 13.3 Å². The largest absolute Gasteiger partial charge is 0.354 e. The number of thiazole rings is 1. The van der Waals surface area contributed by atoms with Crippen molar-refractivity contribution in [3.63, 3.8) is 0 Å². The van der Waals surface area contributed by atoms with Crippen LogP contribution in [-0.4, -0.2) is 24.0 Å². The second-order valence-corrected chi connectivity index (χ2v) is 7.23. The predicted octanol–water partition coefficient (Wildman–Crippen LogP) is 3.39. The minimum absolute atomic E-state index is 0.572. The van der Waals surface area contributed by atoms with E-state index in [1.807, 2.05) is 7.05 Å². The van der Waals surface area contributed by atoms with Gasteiger partial charge in [-0.3, -0.25) is 4.99 Å². The van der Waals surface area contributed by atoms with Crippen molar-refractivity contribution < 1.29 is 0 Å². The van der Waals surface area contributed by atoms with E-state index in [0.29, 0.717) is 6.04 Å². The van der Waals surface area contributed by atoms with Gasteiger partial charge in [0, 0.05) is 18.0 Å². The molecule has 1 aliphatic rings. The zero-order valence-corrected chi connectivity index (χ0v) is 14.5. The van der Waals surface area contributed by atoms with Crippen molar-refractivity contribution in [1.82, 2.24) is 15.6 Å². The molecule has 0 bridgehead atoms. The molecular weight excluding hydrogens is 280 g/mol. The minimum atomic E-state index is 0.572. The van der Waals surface area contributed by atoms with Crippen LogP contribution in [0.1, 0.15) is 54.6 Å². The molecule has 0 spiro atoms. The van der Waals surface area contributed by atoms with E-state index in [1.165, 1.54) is 37.0 Å². The van der Waals surface area contributed by atoms with E-state index in [-0.39, 0.29) is 0 Å². The van der Waals surface area contributed by atoms with E-state index in [2.05, 4.69) is 41.4 Å². The van der Waals surface area contributed by atoms with Gasteiger partial charge in [0.15, 0.2) is 5.96 Å². The van der Waals surface area contributed by atoms with Gasteiger partial charge in [-0.05, 0) is 45.4 Å². The summed E-state index contributed by atoms with van der Waals surface area (Å²) in [7, 11) is 1.85.